The lowest BCUT2D eigenvalue weighted by Crippen LogP contribution is -2.09. The van der Waals surface area contributed by atoms with E-state index in [4.69, 9.17) is 5.11 Å². The second kappa shape index (κ2) is 2.91. The van der Waals surface area contributed by atoms with Crippen molar-refractivity contribution in [3.8, 4) is 0 Å². The first-order chi connectivity index (χ1) is 6.68. The minimum Gasteiger partial charge on any atom is -0.478 e. The molecule has 0 saturated heterocycles. The van der Waals surface area contributed by atoms with E-state index in [-0.39, 0.29) is 16.6 Å². The lowest BCUT2D eigenvalue weighted by atomic mass is 10.2. The van der Waals surface area contributed by atoms with E-state index in [1.54, 1.807) is 0 Å². The molecule has 6 heteroatoms. The van der Waals surface area contributed by atoms with Crippen molar-refractivity contribution >= 4 is 17.0 Å². The molecular formula is C8H5N3O3. The van der Waals surface area contributed by atoms with E-state index in [0.717, 1.165) is 6.20 Å². The van der Waals surface area contributed by atoms with E-state index in [2.05, 4.69) is 15.0 Å². The van der Waals surface area contributed by atoms with Crippen LogP contribution < -0.4 is 5.56 Å². The van der Waals surface area contributed by atoms with Gasteiger partial charge in [-0.2, -0.15) is 0 Å². The van der Waals surface area contributed by atoms with Crippen molar-refractivity contribution in [1.29, 1.82) is 0 Å². The van der Waals surface area contributed by atoms with Crippen molar-refractivity contribution < 1.29 is 9.90 Å². The van der Waals surface area contributed by atoms with Gasteiger partial charge >= 0.3 is 5.97 Å². The van der Waals surface area contributed by atoms with Crippen molar-refractivity contribution in [2.75, 3.05) is 0 Å². The molecule has 0 fully saturated rings. The third kappa shape index (κ3) is 1.22. The Kier molecular flexibility index (Phi) is 1.74. The number of rotatable bonds is 1. The molecule has 0 bridgehead atoms. The number of aromatic amines is 1. The SMILES string of the molecule is O=C(O)c1cnc2nc[nH]c(=O)c2c1. The summed E-state index contributed by atoms with van der Waals surface area (Å²) in [6.45, 7) is 0. The first-order valence-electron chi connectivity index (χ1n) is 3.75. The highest BCUT2D eigenvalue weighted by molar-refractivity contribution is 5.91. The molecule has 0 aromatic carbocycles. The summed E-state index contributed by atoms with van der Waals surface area (Å²) in [7, 11) is 0. The molecule has 0 saturated carbocycles. The number of pyridine rings is 1. The maximum absolute atomic E-state index is 11.2. The Morgan fingerprint density at radius 3 is 2.93 bits per heavy atom. The minimum absolute atomic E-state index is 0.0315. The summed E-state index contributed by atoms with van der Waals surface area (Å²) in [6, 6.07) is 1.25. The highest BCUT2D eigenvalue weighted by Crippen LogP contribution is 2.05. The van der Waals surface area contributed by atoms with Crippen molar-refractivity contribution in [3.63, 3.8) is 0 Å². The number of fused-ring (bicyclic) bond motifs is 1. The molecule has 0 aliphatic carbocycles. The van der Waals surface area contributed by atoms with Crippen molar-refractivity contribution in [1.82, 2.24) is 15.0 Å². The summed E-state index contributed by atoms with van der Waals surface area (Å²) in [4.78, 5) is 31.7. The maximum atomic E-state index is 11.2. The molecule has 0 radical (unpaired) electrons. The fourth-order valence-electron chi connectivity index (χ4n) is 1.07. The Morgan fingerprint density at radius 1 is 1.43 bits per heavy atom. The standard InChI is InChI=1S/C8H5N3O3/c12-7-5-1-4(8(13)14)2-9-6(5)10-3-11-7/h1-3H,(H,13,14)(H,9,10,11,12). The monoisotopic (exact) mass is 191 g/mol. The van der Waals surface area contributed by atoms with Gasteiger partial charge in [-0.15, -0.1) is 0 Å². The van der Waals surface area contributed by atoms with Crippen LogP contribution in [0.2, 0.25) is 0 Å². The number of hydrogen-bond donors (Lipinski definition) is 2. The topological polar surface area (TPSA) is 95.9 Å². The molecule has 70 valence electrons. The van der Waals surface area contributed by atoms with Gasteiger partial charge in [0, 0.05) is 6.20 Å². The second-order valence-electron chi connectivity index (χ2n) is 2.63. The van der Waals surface area contributed by atoms with Gasteiger partial charge in [0.1, 0.15) is 0 Å². The van der Waals surface area contributed by atoms with Crippen LogP contribution in [-0.4, -0.2) is 26.0 Å². The molecule has 6 nitrogen and oxygen atoms in total. The molecule has 2 rings (SSSR count). The largest absolute Gasteiger partial charge is 0.478 e. The normalized spacial score (nSPS) is 10.3. The average molecular weight is 191 g/mol. The number of nitrogens with one attached hydrogen (secondary N) is 1. The molecule has 0 aliphatic heterocycles. The number of aromatic nitrogens is 3. The van der Waals surface area contributed by atoms with Gasteiger partial charge in [0.15, 0.2) is 5.65 Å². The third-order valence-corrected chi connectivity index (χ3v) is 1.74. The molecule has 0 atom stereocenters. The van der Waals surface area contributed by atoms with Crippen molar-refractivity contribution in [2.24, 2.45) is 0 Å². The predicted molar refractivity (Wildman–Crippen MR) is 47.1 cm³/mol. The minimum atomic E-state index is -1.12. The number of aromatic carboxylic acids is 1. The van der Waals surface area contributed by atoms with Gasteiger partial charge in [-0.25, -0.2) is 14.8 Å². The lowest BCUT2D eigenvalue weighted by molar-refractivity contribution is 0.0696. The van der Waals surface area contributed by atoms with E-state index in [1.165, 1.54) is 12.4 Å². The zero-order valence-electron chi connectivity index (χ0n) is 6.89. The first-order valence-corrected chi connectivity index (χ1v) is 3.75. The average Bonchev–Trinajstić information content (AvgIpc) is 2.18. The molecule has 0 unspecified atom stereocenters. The number of carbonyl (C=O) groups is 1. The fourth-order valence-corrected chi connectivity index (χ4v) is 1.07. The van der Waals surface area contributed by atoms with Gasteiger partial charge in [0.05, 0.1) is 17.3 Å². The van der Waals surface area contributed by atoms with E-state index in [1.807, 2.05) is 0 Å². The zero-order valence-corrected chi connectivity index (χ0v) is 6.89. The fraction of sp³-hybridized carbons (Fsp3) is 0. The molecular weight excluding hydrogens is 186 g/mol. The maximum Gasteiger partial charge on any atom is 0.337 e. The molecule has 0 aliphatic rings. The van der Waals surface area contributed by atoms with Crippen LogP contribution in [0.25, 0.3) is 11.0 Å². The lowest BCUT2D eigenvalue weighted by Gasteiger charge is -1.95. The highest BCUT2D eigenvalue weighted by atomic mass is 16.4. The Hall–Kier alpha value is -2.24. The van der Waals surface area contributed by atoms with Crippen LogP contribution >= 0.6 is 0 Å². The van der Waals surface area contributed by atoms with E-state index in [9.17, 15) is 9.59 Å². The summed E-state index contributed by atoms with van der Waals surface area (Å²) in [5.74, 6) is -1.12. The van der Waals surface area contributed by atoms with Gasteiger partial charge in [-0.3, -0.25) is 4.79 Å². The molecule has 2 aromatic rings. The Morgan fingerprint density at radius 2 is 2.21 bits per heavy atom. The first kappa shape index (κ1) is 8.36. The Balaban J connectivity index is 2.83. The van der Waals surface area contributed by atoms with E-state index >= 15 is 0 Å². The number of hydrogen-bond acceptors (Lipinski definition) is 4. The Labute approximate surface area is 77.3 Å². The van der Waals surface area contributed by atoms with E-state index < -0.39 is 11.5 Å². The van der Waals surface area contributed by atoms with Crippen molar-refractivity contribution in [2.45, 2.75) is 0 Å². The highest BCUT2D eigenvalue weighted by Gasteiger charge is 2.06. The molecule has 2 aromatic heterocycles. The molecule has 0 spiro atoms. The molecule has 2 heterocycles. The van der Waals surface area contributed by atoms with Gasteiger partial charge in [0.2, 0.25) is 0 Å². The number of carboxylic acids is 1. The summed E-state index contributed by atoms with van der Waals surface area (Å²) in [5, 5.41) is 8.84. The third-order valence-electron chi connectivity index (χ3n) is 1.74. The van der Waals surface area contributed by atoms with Gasteiger partial charge in [0.25, 0.3) is 5.56 Å². The van der Waals surface area contributed by atoms with Crippen LogP contribution in [-0.2, 0) is 0 Å². The predicted octanol–water partition coefficient (Wildman–Crippen LogP) is 0.0163. The smallest absolute Gasteiger partial charge is 0.337 e. The number of nitrogens with zero attached hydrogens (tertiary/aromatic N) is 2. The van der Waals surface area contributed by atoms with Gasteiger partial charge in [-0.1, -0.05) is 0 Å². The zero-order chi connectivity index (χ0) is 10.1. The quantitative estimate of drug-likeness (QED) is 0.662. The molecule has 2 N–H and O–H groups in total. The Bertz CT molecular complexity index is 561. The summed E-state index contributed by atoms with van der Waals surface area (Å²) in [6.07, 6.45) is 2.38. The van der Waals surface area contributed by atoms with Gasteiger partial charge in [-0.05, 0) is 6.07 Å². The van der Waals surface area contributed by atoms with Crippen LogP contribution in [0, 0.1) is 0 Å². The van der Waals surface area contributed by atoms with E-state index in [0.29, 0.717) is 0 Å². The second-order valence-corrected chi connectivity index (χ2v) is 2.63. The van der Waals surface area contributed by atoms with Crippen molar-refractivity contribution in [3.05, 3.63) is 34.5 Å². The summed E-state index contributed by atoms with van der Waals surface area (Å²) >= 11 is 0. The van der Waals surface area contributed by atoms with Crippen LogP contribution in [0.15, 0.2) is 23.4 Å². The summed E-state index contributed by atoms with van der Waals surface area (Å²) in [5.41, 5.74) is -0.194. The number of H-pyrrole nitrogens is 1. The van der Waals surface area contributed by atoms with Crippen LogP contribution in [0.3, 0.4) is 0 Å². The molecule has 0 amide bonds. The molecule has 14 heavy (non-hydrogen) atoms. The summed E-state index contributed by atoms with van der Waals surface area (Å²) < 4.78 is 0. The van der Waals surface area contributed by atoms with Crippen LogP contribution in [0.4, 0.5) is 0 Å². The van der Waals surface area contributed by atoms with Crippen LogP contribution in [0.1, 0.15) is 10.4 Å². The number of carboxylic acid groups (broad SMARTS) is 1. The van der Waals surface area contributed by atoms with Gasteiger partial charge < -0.3 is 10.1 Å². The van der Waals surface area contributed by atoms with Crippen LogP contribution in [0.5, 0.6) is 0 Å².